The Balaban J connectivity index is 1.36. The van der Waals surface area contributed by atoms with E-state index in [2.05, 4.69) is 20.8 Å². The van der Waals surface area contributed by atoms with E-state index in [1.807, 2.05) is 18.2 Å². The van der Waals surface area contributed by atoms with Crippen molar-refractivity contribution in [1.29, 1.82) is 0 Å². The van der Waals surface area contributed by atoms with Crippen LogP contribution in [0.5, 0.6) is 0 Å². The van der Waals surface area contributed by atoms with Gasteiger partial charge in [0.1, 0.15) is 5.82 Å². The van der Waals surface area contributed by atoms with Crippen LogP contribution in [-0.4, -0.2) is 24.7 Å². The molecule has 6 nitrogen and oxygen atoms in total. The number of hydrogen-bond acceptors (Lipinski definition) is 3. The first kappa shape index (κ1) is 22.7. The lowest BCUT2D eigenvalue weighted by molar-refractivity contribution is 0.420. The topological polar surface area (TPSA) is 59.7 Å². The Morgan fingerprint density at radius 3 is 2.15 bits per heavy atom. The number of halogens is 5. The molecule has 2 aromatic carbocycles. The van der Waals surface area contributed by atoms with E-state index in [0.29, 0.717) is 29.0 Å². The number of hydrogen-bond donors (Lipinski definition) is 2. The van der Waals surface area contributed by atoms with E-state index >= 15 is 0 Å². The smallest absolute Gasteiger partial charge is 0.194 e. The fourth-order valence-electron chi connectivity index (χ4n) is 3.06. The first-order chi connectivity index (χ1) is 15.8. The number of thiocarbonyl (C=S) groups is 1. The Morgan fingerprint density at radius 1 is 0.879 bits per heavy atom. The van der Waals surface area contributed by atoms with Gasteiger partial charge >= 0.3 is 0 Å². The highest BCUT2D eigenvalue weighted by Gasteiger charge is 2.19. The predicted octanol–water partition coefficient (Wildman–Crippen LogP) is 5.19. The molecule has 0 atom stereocenters. The fraction of sp³-hybridized carbons (Fsp3) is 0.0952. The minimum atomic E-state index is -1.74. The quantitative estimate of drug-likeness (QED) is 0.167. The predicted molar refractivity (Wildman–Crippen MR) is 120 cm³/mol. The lowest BCUT2D eigenvalue weighted by Gasteiger charge is -2.08. The monoisotopic (exact) mass is 494 g/mol. The molecule has 0 unspecified atom stereocenters. The number of nitrogens with zero attached hydrogens (tertiary/aromatic N) is 4. The third kappa shape index (κ3) is 5.49. The van der Waals surface area contributed by atoms with Gasteiger partial charge in [0.25, 0.3) is 0 Å². The van der Waals surface area contributed by atoms with Crippen LogP contribution in [0.2, 0.25) is 5.02 Å². The molecule has 0 radical (unpaired) electrons. The second-order valence-corrected chi connectivity index (χ2v) is 7.85. The van der Waals surface area contributed by atoms with Gasteiger partial charge in [0.2, 0.25) is 0 Å². The average molecular weight is 495 g/mol. The summed E-state index contributed by atoms with van der Waals surface area (Å²) in [5.41, 5.74) is 1.39. The van der Waals surface area contributed by atoms with E-state index in [0.717, 1.165) is 10.2 Å². The number of rotatable bonds is 6. The van der Waals surface area contributed by atoms with E-state index in [9.17, 15) is 17.6 Å². The van der Waals surface area contributed by atoms with Gasteiger partial charge in [0.05, 0.1) is 36.9 Å². The highest BCUT2D eigenvalue weighted by atomic mass is 35.5. The lowest BCUT2D eigenvalue weighted by atomic mass is 10.2. The zero-order valence-corrected chi connectivity index (χ0v) is 18.3. The maximum Gasteiger partial charge on any atom is 0.194 e. The van der Waals surface area contributed by atoms with E-state index < -0.39 is 35.4 Å². The Hall–Kier alpha value is -3.44. The van der Waals surface area contributed by atoms with E-state index in [1.165, 1.54) is 12.4 Å². The SMILES string of the molecule is Fc1cc(F)c(Cn2cc(NC(=S)Nc3cnn(Cc4cccc(Cl)c4)c3)cn2)c(F)c1F. The molecule has 0 amide bonds. The van der Waals surface area contributed by atoms with Crippen LogP contribution in [0, 0.1) is 23.3 Å². The van der Waals surface area contributed by atoms with Crippen molar-refractivity contribution in [2.24, 2.45) is 0 Å². The molecule has 4 rings (SSSR count). The number of anilines is 2. The van der Waals surface area contributed by atoms with Gasteiger partial charge in [-0.3, -0.25) is 9.36 Å². The Kier molecular flexibility index (Phi) is 6.61. The van der Waals surface area contributed by atoms with Crippen molar-refractivity contribution < 1.29 is 17.6 Å². The van der Waals surface area contributed by atoms with Crippen LogP contribution in [0.3, 0.4) is 0 Å². The number of aromatic nitrogens is 4. The van der Waals surface area contributed by atoms with Crippen molar-refractivity contribution >= 4 is 40.3 Å². The van der Waals surface area contributed by atoms with Gasteiger partial charge in [-0.05, 0) is 29.9 Å². The summed E-state index contributed by atoms with van der Waals surface area (Å²) in [7, 11) is 0. The Bertz CT molecular complexity index is 1320. The third-order valence-corrected chi connectivity index (χ3v) is 4.98. The van der Waals surface area contributed by atoms with E-state index in [-0.39, 0.29) is 5.11 Å². The molecule has 0 spiro atoms. The normalized spacial score (nSPS) is 10.9. The zero-order valence-electron chi connectivity index (χ0n) is 16.7. The second kappa shape index (κ2) is 9.59. The zero-order chi connectivity index (χ0) is 23.5. The van der Waals surface area contributed by atoms with Crippen LogP contribution in [0.15, 0.2) is 55.1 Å². The van der Waals surface area contributed by atoms with Crippen LogP contribution < -0.4 is 10.6 Å². The molecule has 4 aromatic rings. The average Bonchev–Trinajstić information content (AvgIpc) is 3.38. The molecule has 2 heterocycles. The fourth-order valence-corrected chi connectivity index (χ4v) is 3.50. The molecule has 170 valence electrons. The summed E-state index contributed by atoms with van der Waals surface area (Å²) in [6.45, 7) is 0.0826. The first-order valence-electron chi connectivity index (χ1n) is 9.47. The van der Waals surface area contributed by atoms with Crippen molar-refractivity contribution in [1.82, 2.24) is 19.6 Å². The van der Waals surface area contributed by atoms with Crippen LogP contribution in [0.1, 0.15) is 11.1 Å². The van der Waals surface area contributed by atoms with Gasteiger partial charge in [-0.25, -0.2) is 17.6 Å². The summed E-state index contributed by atoms with van der Waals surface area (Å²) in [4.78, 5) is 0. The molecule has 2 aromatic heterocycles. The van der Waals surface area contributed by atoms with Gasteiger partial charge in [-0.1, -0.05) is 23.7 Å². The van der Waals surface area contributed by atoms with Gasteiger partial charge in [0, 0.05) is 29.0 Å². The molecule has 0 saturated carbocycles. The molecular weight excluding hydrogens is 480 g/mol. The molecule has 0 saturated heterocycles. The van der Waals surface area contributed by atoms with Gasteiger partial charge < -0.3 is 10.6 Å². The van der Waals surface area contributed by atoms with Gasteiger partial charge in [0.15, 0.2) is 22.6 Å². The molecule has 2 N–H and O–H groups in total. The van der Waals surface area contributed by atoms with E-state index in [4.69, 9.17) is 23.8 Å². The lowest BCUT2D eigenvalue weighted by Crippen LogP contribution is -2.18. The summed E-state index contributed by atoms with van der Waals surface area (Å²) in [6, 6.07) is 7.72. The minimum absolute atomic E-state index is 0.224. The number of nitrogens with one attached hydrogen (secondary N) is 2. The third-order valence-electron chi connectivity index (χ3n) is 4.55. The maximum absolute atomic E-state index is 13.9. The van der Waals surface area contributed by atoms with Crippen molar-refractivity contribution in [2.75, 3.05) is 10.6 Å². The summed E-state index contributed by atoms with van der Waals surface area (Å²) >= 11 is 11.3. The van der Waals surface area contributed by atoms with Crippen LogP contribution in [0.25, 0.3) is 0 Å². The van der Waals surface area contributed by atoms with Crippen molar-refractivity contribution in [3.05, 3.63) is 94.5 Å². The van der Waals surface area contributed by atoms with Crippen molar-refractivity contribution in [3.8, 4) is 0 Å². The first-order valence-corrected chi connectivity index (χ1v) is 10.3. The molecule has 0 fully saturated rings. The molecule has 0 aliphatic carbocycles. The second-order valence-electron chi connectivity index (χ2n) is 7.01. The van der Waals surface area contributed by atoms with Gasteiger partial charge in [-0.2, -0.15) is 10.2 Å². The molecule has 12 heteroatoms. The summed E-state index contributed by atoms with van der Waals surface area (Å²) in [5, 5.41) is 14.9. The van der Waals surface area contributed by atoms with Crippen molar-refractivity contribution in [2.45, 2.75) is 13.1 Å². The van der Waals surface area contributed by atoms with Crippen LogP contribution >= 0.6 is 23.8 Å². The molecule has 0 aliphatic heterocycles. The van der Waals surface area contributed by atoms with Crippen LogP contribution in [0.4, 0.5) is 28.9 Å². The molecule has 33 heavy (non-hydrogen) atoms. The summed E-state index contributed by atoms with van der Waals surface area (Å²) < 4.78 is 57.1. The maximum atomic E-state index is 13.9. The van der Waals surface area contributed by atoms with Gasteiger partial charge in [-0.15, -0.1) is 0 Å². The Morgan fingerprint density at radius 2 is 1.52 bits per heavy atom. The highest BCUT2D eigenvalue weighted by Crippen LogP contribution is 2.20. The molecular formula is C21H15ClF4N6S. The summed E-state index contributed by atoms with van der Waals surface area (Å²) in [5.74, 6) is -6.13. The highest BCUT2D eigenvalue weighted by molar-refractivity contribution is 7.80. The number of benzene rings is 2. The Labute approximate surface area is 195 Å². The molecule has 0 aliphatic rings. The summed E-state index contributed by atoms with van der Waals surface area (Å²) in [6.07, 6.45) is 6.13. The largest absolute Gasteiger partial charge is 0.330 e. The van der Waals surface area contributed by atoms with E-state index in [1.54, 1.807) is 23.1 Å². The molecule has 0 bridgehead atoms. The minimum Gasteiger partial charge on any atom is -0.330 e. The van der Waals surface area contributed by atoms with Crippen molar-refractivity contribution in [3.63, 3.8) is 0 Å². The standard InChI is InChI=1S/C21H15ClF4N6S/c22-13-3-1-2-12(4-13)8-31-9-14(6-27-31)29-21(33)30-15-7-28-32(10-15)11-16-17(23)5-18(24)20(26)19(16)25/h1-7,9-10H,8,11H2,(H2,29,30,33). The van der Waals surface area contributed by atoms with Crippen LogP contribution in [-0.2, 0) is 13.1 Å².